The number of halogens is 1. The van der Waals surface area contributed by atoms with Gasteiger partial charge in [0.15, 0.2) is 0 Å². The summed E-state index contributed by atoms with van der Waals surface area (Å²) in [6.07, 6.45) is 1.50. The van der Waals surface area contributed by atoms with Gasteiger partial charge >= 0.3 is 0 Å². The van der Waals surface area contributed by atoms with Crippen molar-refractivity contribution < 1.29 is 9.32 Å². The first-order chi connectivity index (χ1) is 8.74. The van der Waals surface area contributed by atoms with Crippen LogP contribution in [0.4, 0.5) is 5.69 Å². The number of hydrogen-bond acceptors (Lipinski definition) is 4. The van der Waals surface area contributed by atoms with Gasteiger partial charge in [-0.15, -0.1) is 0 Å². The molecular weight excluding hydrogens is 298 g/mol. The zero-order chi connectivity index (χ0) is 12.8. The lowest BCUT2D eigenvalue weighted by Crippen LogP contribution is -2.27. The van der Waals surface area contributed by atoms with E-state index in [0.29, 0.717) is 6.54 Å². The van der Waals surface area contributed by atoms with Crippen LogP contribution in [0.2, 0.25) is 0 Å². The highest BCUT2D eigenvalue weighted by Gasteiger charge is 2.03. The zero-order valence-electron chi connectivity index (χ0n) is 9.52. The van der Waals surface area contributed by atoms with Crippen LogP contribution in [0.25, 0.3) is 0 Å². The van der Waals surface area contributed by atoms with Gasteiger partial charge in [-0.25, -0.2) is 0 Å². The highest BCUT2D eigenvalue weighted by molar-refractivity contribution is 9.10. The third-order valence-electron chi connectivity index (χ3n) is 2.19. The Balaban J connectivity index is 1.75. The molecule has 2 aromatic rings. The molecule has 0 radical (unpaired) electrons. The van der Waals surface area contributed by atoms with Crippen LogP contribution in [0.5, 0.6) is 0 Å². The minimum Gasteiger partial charge on any atom is -0.364 e. The number of carbonyl (C=O) groups excluding carboxylic acids is 1. The molecule has 0 atom stereocenters. The van der Waals surface area contributed by atoms with Gasteiger partial charge in [-0.05, 0) is 18.2 Å². The van der Waals surface area contributed by atoms with Crippen LogP contribution in [-0.2, 0) is 11.3 Å². The SMILES string of the molecule is O=C(CNCc1ccon1)Nc1cccc(Br)c1. The molecule has 94 valence electrons. The van der Waals surface area contributed by atoms with E-state index >= 15 is 0 Å². The van der Waals surface area contributed by atoms with E-state index in [1.54, 1.807) is 6.07 Å². The number of nitrogens with zero attached hydrogens (tertiary/aromatic N) is 1. The average molecular weight is 310 g/mol. The summed E-state index contributed by atoms with van der Waals surface area (Å²) < 4.78 is 5.61. The van der Waals surface area contributed by atoms with E-state index in [9.17, 15) is 4.79 Å². The highest BCUT2D eigenvalue weighted by Crippen LogP contribution is 2.15. The van der Waals surface area contributed by atoms with Crippen molar-refractivity contribution in [2.24, 2.45) is 0 Å². The largest absolute Gasteiger partial charge is 0.364 e. The van der Waals surface area contributed by atoms with Gasteiger partial charge in [-0.1, -0.05) is 27.2 Å². The van der Waals surface area contributed by atoms with Gasteiger partial charge in [0, 0.05) is 22.8 Å². The van der Waals surface area contributed by atoms with Crippen molar-refractivity contribution in [1.82, 2.24) is 10.5 Å². The van der Waals surface area contributed by atoms with Crippen LogP contribution in [0.1, 0.15) is 5.69 Å². The molecule has 0 saturated carbocycles. The Morgan fingerprint density at radius 1 is 1.39 bits per heavy atom. The topological polar surface area (TPSA) is 67.2 Å². The van der Waals surface area contributed by atoms with E-state index < -0.39 is 0 Å². The van der Waals surface area contributed by atoms with Gasteiger partial charge < -0.3 is 15.2 Å². The summed E-state index contributed by atoms with van der Waals surface area (Å²) in [6.45, 7) is 0.724. The van der Waals surface area contributed by atoms with E-state index in [1.807, 2.05) is 24.3 Å². The highest BCUT2D eigenvalue weighted by atomic mass is 79.9. The molecule has 0 bridgehead atoms. The second-order valence-corrected chi connectivity index (χ2v) is 4.57. The van der Waals surface area contributed by atoms with Crippen LogP contribution < -0.4 is 10.6 Å². The monoisotopic (exact) mass is 309 g/mol. The van der Waals surface area contributed by atoms with E-state index in [4.69, 9.17) is 0 Å². The maximum atomic E-state index is 11.6. The number of rotatable bonds is 5. The Morgan fingerprint density at radius 3 is 3.00 bits per heavy atom. The van der Waals surface area contributed by atoms with Crippen LogP contribution in [0.3, 0.4) is 0 Å². The number of hydrogen-bond donors (Lipinski definition) is 2. The predicted octanol–water partition coefficient (Wildman–Crippen LogP) is 2.17. The Bertz CT molecular complexity index is 514. The normalized spacial score (nSPS) is 10.3. The maximum Gasteiger partial charge on any atom is 0.238 e. The van der Waals surface area contributed by atoms with Crippen LogP contribution in [0, 0.1) is 0 Å². The minimum absolute atomic E-state index is 0.100. The molecule has 1 heterocycles. The summed E-state index contributed by atoms with van der Waals surface area (Å²) in [5, 5.41) is 9.50. The van der Waals surface area contributed by atoms with Gasteiger partial charge in [0.25, 0.3) is 0 Å². The summed E-state index contributed by atoms with van der Waals surface area (Å²) in [7, 11) is 0. The smallest absolute Gasteiger partial charge is 0.238 e. The second kappa shape index (κ2) is 6.32. The van der Waals surface area contributed by atoms with Gasteiger partial charge in [-0.3, -0.25) is 4.79 Å². The fraction of sp³-hybridized carbons (Fsp3) is 0.167. The first-order valence-electron chi connectivity index (χ1n) is 5.39. The molecule has 18 heavy (non-hydrogen) atoms. The lowest BCUT2D eigenvalue weighted by Gasteiger charge is -2.06. The van der Waals surface area contributed by atoms with Crippen LogP contribution in [-0.4, -0.2) is 17.6 Å². The van der Waals surface area contributed by atoms with Crippen molar-refractivity contribution in [2.75, 3.05) is 11.9 Å². The molecule has 2 N–H and O–H groups in total. The number of amides is 1. The summed E-state index contributed by atoms with van der Waals surface area (Å²) in [5.41, 5.74) is 1.53. The van der Waals surface area contributed by atoms with Crippen molar-refractivity contribution in [1.29, 1.82) is 0 Å². The fourth-order valence-electron chi connectivity index (χ4n) is 1.40. The number of carbonyl (C=O) groups is 1. The summed E-state index contributed by atoms with van der Waals surface area (Å²) in [5.74, 6) is -0.100. The third kappa shape index (κ3) is 3.97. The lowest BCUT2D eigenvalue weighted by atomic mass is 10.3. The molecule has 0 aliphatic carbocycles. The van der Waals surface area contributed by atoms with Gasteiger partial charge in [0.1, 0.15) is 6.26 Å². The number of anilines is 1. The molecule has 1 amide bonds. The Kier molecular flexibility index (Phi) is 4.49. The Labute approximate surface area is 113 Å². The number of nitrogens with one attached hydrogen (secondary N) is 2. The maximum absolute atomic E-state index is 11.6. The molecule has 0 unspecified atom stereocenters. The zero-order valence-corrected chi connectivity index (χ0v) is 11.1. The fourth-order valence-corrected chi connectivity index (χ4v) is 1.80. The molecule has 5 nitrogen and oxygen atoms in total. The van der Waals surface area contributed by atoms with Crippen molar-refractivity contribution in [3.05, 3.63) is 46.8 Å². The van der Waals surface area contributed by atoms with Gasteiger partial charge in [0.05, 0.1) is 12.2 Å². The Hall–Kier alpha value is -1.66. The van der Waals surface area contributed by atoms with Crippen molar-refractivity contribution in [3.8, 4) is 0 Å². The summed E-state index contributed by atoms with van der Waals surface area (Å²) in [6, 6.07) is 9.19. The van der Waals surface area contributed by atoms with Crippen molar-refractivity contribution in [2.45, 2.75) is 6.54 Å². The van der Waals surface area contributed by atoms with E-state index in [1.165, 1.54) is 6.26 Å². The number of aromatic nitrogens is 1. The number of benzene rings is 1. The molecule has 0 fully saturated rings. The first kappa shape index (κ1) is 12.8. The standard InChI is InChI=1S/C12H12BrN3O2/c13-9-2-1-3-10(6-9)15-12(17)8-14-7-11-4-5-18-16-11/h1-6,14H,7-8H2,(H,15,17). The molecular formula is C12H12BrN3O2. The molecule has 0 aliphatic heterocycles. The van der Waals surface area contributed by atoms with E-state index in [-0.39, 0.29) is 12.5 Å². The van der Waals surface area contributed by atoms with E-state index in [2.05, 4.69) is 36.2 Å². The first-order valence-corrected chi connectivity index (χ1v) is 6.19. The lowest BCUT2D eigenvalue weighted by molar-refractivity contribution is -0.115. The van der Waals surface area contributed by atoms with E-state index in [0.717, 1.165) is 15.9 Å². The quantitative estimate of drug-likeness (QED) is 0.888. The van der Waals surface area contributed by atoms with Gasteiger partial charge in [0.2, 0.25) is 5.91 Å². The third-order valence-corrected chi connectivity index (χ3v) is 2.68. The minimum atomic E-state index is -0.100. The molecule has 0 saturated heterocycles. The molecule has 1 aromatic carbocycles. The molecule has 1 aromatic heterocycles. The van der Waals surface area contributed by atoms with Crippen molar-refractivity contribution in [3.63, 3.8) is 0 Å². The second-order valence-electron chi connectivity index (χ2n) is 3.65. The average Bonchev–Trinajstić information content (AvgIpc) is 2.82. The van der Waals surface area contributed by atoms with Crippen molar-refractivity contribution >= 4 is 27.5 Å². The molecule has 2 rings (SSSR count). The van der Waals surface area contributed by atoms with Crippen LogP contribution >= 0.6 is 15.9 Å². The van der Waals surface area contributed by atoms with Gasteiger partial charge in [-0.2, -0.15) is 0 Å². The predicted molar refractivity (Wildman–Crippen MR) is 71.0 cm³/mol. The molecule has 6 heteroatoms. The summed E-state index contributed by atoms with van der Waals surface area (Å²) in [4.78, 5) is 11.6. The Morgan fingerprint density at radius 2 is 2.28 bits per heavy atom. The molecule has 0 spiro atoms. The molecule has 0 aliphatic rings. The summed E-state index contributed by atoms with van der Waals surface area (Å²) >= 11 is 3.35. The van der Waals surface area contributed by atoms with Crippen LogP contribution in [0.15, 0.2) is 45.6 Å².